The molecule has 0 aromatic heterocycles. The second kappa shape index (κ2) is 5.95. The average Bonchev–Trinajstić information content (AvgIpc) is 2.39. The SMILES string of the molecule is CCC(=O)ON1C(C)(C)CCCC(O[N+](=O)[O-])C1(C)C. The fourth-order valence-electron chi connectivity index (χ4n) is 2.78. The zero-order valence-electron chi connectivity index (χ0n) is 12.8. The van der Waals surface area contributed by atoms with Gasteiger partial charge in [-0.1, -0.05) is 6.92 Å². The van der Waals surface area contributed by atoms with Crippen LogP contribution in [0.2, 0.25) is 0 Å². The van der Waals surface area contributed by atoms with E-state index in [-0.39, 0.29) is 12.4 Å². The molecule has 1 atom stereocenters. The van der Waals surface area contributed by atoms with Gasteiger partial charge in [-0.3, -0.25) is 4.79 Å². The molecule has 0 radical (unpaired) electrons. The lowest BCUT2D eigenvalue weighted by Gasteiger charge is -2.46. The Kier molecular flexibility index (Phi) is 4.96. The van der Waals surface area contributed by atoms with Crippen LogP contribution < -0.4 is 0 Å². The summed E-state index contributed by atoms with van der Waals surface area (Å²) < 4.78 is 0. The maximum Gasteiger partial charge on any atom is 0.324 e. The van der Waals surface area contributed by atoms with Gasteiger partial charge in [0, 0.05) is 6.42 Å². The molecule has 1 heterocycles. The smallest absolute Gasteiger partial charge is 0.324 e. The van der Waals surface area contributed by atoms with Crippen molar-refractivity contribution in [3.8, 4) is 0 Å². The minimum Gasteiger partial charge on any atom is -0.367 e. The zero-order chi connectivity index (χ0) is 15.6. The molecule has 116 valence electrons. The number of carbonyl (C=O) groups excluding carboxylic acids is 1. The molecule has 1 saturated heterocycles. The van der Waals surface area contributed by atoms with Gasteiger partial charge in [0.15, 0.2) is 0 Å². The van der Waals surface area contributed by atoms with E-state index in [1.165, 1.54) is 0 Å². The first-order chi connectivity index (χ1) is 9.11. The summed E-state index contributed by atoms with van der Waals surface area (Å²) in [7, 11) is 0. The molecule has 1 aliphatic rings. The Morgan fingerprint density at radius 1 is 1.40 bits per heavy atom. The number of rotatable bonds is 4. The number of hydrogen-bond donors (Lipinski definition) is 0. The van der Waals surface area contributed by atoms with Crippen molar-refractivity contribution in [3.05, 3.63) is 10.1 Å². The van der Waals surface area contributed by atoms with Crippen LogP contribution in [0.5, 0.6) is 0 Å². The van der Waals surface area contributed by atoms with Crippen LogP contribution in [0.25, 0.3) is 0 Å². The largest absolute Gasteiger partial charge is 0.367 e. The molecule has 0 spiro atoms. The van der Waals surface area contributed by atoms with Crippen molar-refractivity contribution in [1.82, 2.24) is 5.06 Å². The van der Waals surface area contributed by atoms with Crippen LogP contribution >= 0.6 is 0 Å². The predicted molar refractivity (Wildman–Crippen MR) is 72.1 cm³/mol. The van der Waals surface area contributed by atoms with Gasteiger partial charge in [-0.05, 0) is 47.0 Å². The van der Waals surface area contributed by atoms with Crippen LogP contribution in [0, 0.1) is 10.1 Å². The third-order valence-electron chi connectivity index (χ3n) is 3.81. The van der Waals surface area contributed by atoms with Crippen LogP contribution in [0.4, 0.5) is 0 Å². The Bertz CT molecular complexity index is 381. The number of carbonyl (C=O) groups is 1. The van der Waals surface area contributed by atoms with Crippen LogP contribution in [-0.2, 0) is 14.5 Å². The first kappa shape index (κ1) is 16.7. The van der Waals surface area contributed by atoms with Gasteiger partial charge < -0.3 is 9.68 Å². The molecule has 7 nitrogen and oxygen atoms in total. The van der Waals surface area contributed by atoms with E-state index in [4.69, 9.17) is 9.68 Å². The highest BCUT2D eigenvalue weighted by Crippen LogP contribution is 2.38. The van der Waals surface area contributed by atoms with Crippen molar-refractivity contribution in [2.75, 3.05) is 0 Å². The second-order valence-corrected chi connectivity index (χ2v) is 6.29. The van der Waals surface area contributed by atoms with Crippen LogP contribution in [-0.4, -0.2) is 33.3 Å². The van der Waals surface area contributed by atoms with Crippen molar-refractivity contribution < 1.29 is 19.6 Å². The van der Waals surface area contributed by atoms with Gasteiger partial charge in [-0.25, -0.2) is 0 Å². The molecular weight excluding hydrogens is 264 g/mol. The Balaban J connectivity index is 3.08. The Hall–Kier alpha value is -1.37. The highest BCUT2D eigenvalue weighted by Gasteiger charge is 2.49. The molecule has 0 saturated carbocycles. The standard InChI is InChI=1S/C13H24N2O5/c1-6-11(16)20-14-12(2,3)9-7-8-10(13(14,4)5)19-15(17)18/h10H,6-9H2,1-5H3. The number of hydrogen-bond acceptors (Lipinski definition) is 6. The van der Waals surface area contributed by atoms with E-state index in [1.54, 1.807) is 25.8 Å². The fourth-order valence-corrected chi connectivity index (χ4v) is 2.78. The van der Waals surface area contributed by atoms with E-state index < -0.39 is 22.3 Å². The lowest BCUT2D eigenvalue weighted by Crippen LogP contribution is -2.60. The molecule has 0 N–H and O–H groups in total. The van der Waals surface area contributed by atoms with E-state index in [0.717, 1.165) is 12.8 Å². The third-order valence-corrected chi connectivity index (χ3v) is 3.81. The minimum absolute atomic E-state index is 0.253. The normalized spacial score (nSPS) is 25.6. The molecule has 1 aliphatic heterocycles. The molecular formula is C13H24N2O5. The topological polar surface area (TPSA) is 81.9 Å². The predicted octanol–water partition coefficient (Wildman–Crippen LogP) is 2.47. The maximum absolute atomic E-state index is 11.7. The summed E-state index contributed by atoms with van der Waals surface area (Å²) in [5.74, 6) is -0.354. The molecule has 1 fully saturated rings. The van der Waals surface area contributed by atoms with Gasteiger partial charge in [-0.15, -0.1) is 15.2 Å². The first-order valence-corrected chi connectivity index (χ1v) is 6.93. The molecule has 0 aromatic rings. The summed E-state index contributed by atoms with van der Waals surface area (Å²) >= 11 is 0. The Labute approximate surface area is 119 Å². The van der Waals surface area contributed by atoms with Crippen LogP contribution in [0.1, 0.15) is 60.3 Å². The highest BCUT2D eigenvalue weighted by atomic mass is 17.0. The Morgan fingerprint density at radius 3 is 2.50 bits per heavy atom. The van der Waals surface area contributed by atoms with E-state index in [2.05, 4.69) is 0 Å². The van der Waals surface area contributed by atoms with Crippen LogP contribution in [0.15, 0.2) is 0 Å². The van der Waals surface area contributed by atoms with E-state index in [0.29, 0.717) is 6.42 Å². The van der Waals surface area contributed by atoms with Gasteiger partial charge >= 0.3 is 5.97 Å². The number of nitrogens with zero attached hydrogens (tertiary/aromatic N) is 2. The average molecular weight is 288 g/mol. The fraction of sp³-hybridized carbons (Fsp3) is 0.923. The summed E-state index contributed by atoms with van der Waals surface area (Å²) in [4.78, 5) is 32.6. The summed E-state index contributed by atoms with van der Waals surface area (Å²) in [5.41, 5.74) is -1.18. The van der Waals surface area contributed by atoms with Crippen molar-refractivity contribution in [2.45, 2.75) is 77.5 Å². The lowest BCUT2D eigenvalue weighted by atomic mass is 9.93. The highest BCUT2D eigenvalue weighted by molar-refractivity contribution is 5.68. The summed E-state index contributed by atoms with van der Waals surface area (Å²) in [6, 6.07) is 0. The molecule has 0 amide bonds. The van der Waals surface area contributed by atoms with Gasteiger partial charge in [0.2, 0.25) is 0 Å². The van der Waals surface area contributed by atoms with E-state index in [9.17, 15) is 14.9 Å². The van der Waals surface area contributed by atoms with E-state index >= 15 is 0 Å². The number of hydroxylamine groups is 2. The molecule has 0 bridgehead atoms. The molecule has 7 heteroatoms. The second-order valence-electron chi connectivity index (χ2n) is 6.29. The van der Waals surface area contributed by atoms with Crippen LogP contribution in [0.3, 0.4) is 0 Å². The van der Waals surface area contributed by atoms with E-state index in [1.807, 2.05) is 13.8 Å². The molecule has 0 aromatic carbocycles. The molecule has 0 aliphatic carbocycles. The van der Waals surface area contributed by atoms with Gasteiger partial charge in [0.05, 0.1) is 11.1 Å². The molecule has 1 unspecified atom stereocenters. The van der Waals surface area contributed by atoms with Gasteiger partial charge in [0.1, 0.15) is 6.10 Å². The zero-order valence-corrected chi connectivity index (χ0v) is 12.8. The molecule has 20 heavy (non-hydrogen) atoms. The summed E-state index contributed by atoms with van der Waals surface area (Å²) in [6.07, 6.45) is 1.71. The first-order valence-electron chi connectivity index (χ1n) is 6.93. The van der Waals surface area contributed by atoms with Gasteiger partial charge in [-0.2, -0.15) is 0 Å². The maximum atomic E-state index is 11.7. The minimum atomic E-state index is -0.780. The lowest BCUT2D eigenvalue weighted by molar-refractivity contribution is -0.772. The van der Waals surface area contributed by atoms with Crippen molar-refractivity contribution in [3.63, 3.8) is 0 Å². The van der Waals surface area contributed by atoms with Gasteiger partial charge in [0.25, 0.3) is 5.09 Å². The molecule has 1 rings (SSSR count). The van der Waals surface area contributed by atoms with Crippen molar-refractivity contribution >= 4 is 5.97 Å². The summed E-state index contributed by atoms with van der Waals surface area (Å²) in [5, 5.41) is 11.5. The quantitative estimate of drug-likeness (QED) is 0.584. The Morgan fingerprint density at radius 2 is 2.00 bits per heavy atom. The monoisotopic (exact) mass is 288 g/mol. The summed E-state index contributed by atoms with van der Waals surface area (Å²) in [6.45, 7) is 9.25. The van der Waals surface area contributed by atoms with Crippen molar-refractivity contribution in [1.29, 1.82) is 0 Å². The van der Waals surface area contributed by atoms with Crippen molar-refractivity contribution in [2.24, 2.45) is 0 Å². The third kappa shape index (κ3) is 3.59.